The Morgan fingerprint density at radius 3 is 1.65 bits per heavy atom. The quantitative estimate of drug-likeness (QED) is 0.406. The topological polar surface area (TPSA) is 27.7 Å². The lowest BCUT2D eigenvalue weighted by atomic mass is 9.90. The monoisotopic (exact) mass is 436 g/mol. The van der Waals surface area contributed by atoms with E-state index in [4.69, 9.17) is 13.7 Å². The van der Waals surface area contributed by atoms with Crippen LogP contribution in [-0.4, -0.2) is 31.7 Å². The van der Waals surface area contributed by atoms with Gasteiger partial charge in [0, 0.05) is 0 Å². The second-order valence-corrected chi connectivity index (χ2v) is 12.8. The molecule has 31 heavy (non-hydrogen) atoms. The molecule has 0 saturated carbocycles. The molecule has 1 aliphatic rings. The summed E-state index contributed by atoms with van der Waals surface area (Å²) in [5, 5.41) is 2.32. The fourth-order valence-electron chi connectivity index (χ4n) is 4.31. The van der Waals surface area contributed by atoms with E-state index in [2.05, 4.69) is 109 Å². The number of rotatable bonds is 9. The van der Waals surface area contributed by atoms with Crippen LogP contribution in [0.15, 0.2) is 73.3 Å². The van der Waals surface area contributed by atoms with Crippen molar-refractivity contribution in [3.05, 3.63) is 73.3 Å². The van der Waals surface area contributed by atoms with Crippen LogP contribution in [0.2, 0.25) is 0 Å². The molecule has 1 saturated heterocycles. The maximum absolute atomic E-state index is 7.42. The summed E-state index contributed by atoms with van der Waals surface area (Å²) in [5.74, 6) is 0. The Hall–Kier alpha value is -1.66. The van der Waals surface area contributed by atoms with Crippen LogP contribution in [0, 0.1) is 0 Å². The molecule has 166 valence electrons. The maximum Gasteiger partial charge on any atom is 0.479 e. The summed E-state index contributed by atoms with van der Waals surface area (Å²) in [6.07, 6.45) is 4.55. The van der Waals surface area contributed by atoms with Gasteiger partial charge in [-0.15, -0.1) is 6.58 Å². The van der Waals surface area contributed by atoms with Gasteiger partial charge in [-0.3, -0.25) is 0 Å². The van der Waals surface area contributed by atoms with Gasteiger partial charge in [0.15, 0.2) is 0 Å². The Balaban J connectivity index is 2.29. The Kier molecular flexibility index (Phi) is 7.02. The zero-order chi connectivity index (χ0) is 22.8. The molecule has 1 heterocycles. The lowest BCUT2D eigenvalue weighted by Crippen LogP contribution is -2.74. The van der Waals surface area contributed by atoms with Crippen molar-refractivity contribution >= 4 is 25.3 Å². The van der Waals surface area contributed by atoms with Gasteiger partial charge < -0.3 is 13.7 Å². The summed E-state index contributed by atoms with van der Waals surface area (Å²) in [7, 11) is -3.00. The summed E-state index contributed by atoms with van der Waals surface area (Å²) in [5.41, 5.74) is -1.21. The average molecular weight is 436 g/mol. The van der Waals surface area contributed by atoms with Crippen molar-refractivity contribution in [3.63, 3.8) is 0 Å². The fraction of sp³-hybridized carbons (Fsp3) is 0.462. The van der Waals surface area contributed by atoms with Crippen LogP contribution in [0.3, 0.4) is 0 Å². The van der Waals surface area contributed by atoms with Crippen LogP contribution in [-0.2, 0) is 13.7 Å². The van der Waals surface area contributed by atoms with Crippen molar-refractivity contribution < 1.29 is 13.7 Å². The van der Waals surface area contributed by atoms with Crippen molar-refractivity contribution in [2.24, 2.45) is 0 Å². The highest BCUT2D eigenvalue weighted by Crippen LogP contribution is 2.41. The first-order chi connectivity index (χ1) is 14.7. The second kappa shape index (κ2) is 9.07. The molecule has 2 aromatic rings. The third-order valence-electron chi connectivity index (χ3n) is 7.17. The third-order valence-corrected chi connectivity index (χ3v) is 11.2. The molecular formula is C26H37BO3Si. The maximum atomic E-state index is 7.42. The van der Waals surface area contributed by atoms with E-state index in [1.54, 1.807) is 0 Å². The average Bonchev–Trinajstić information content (AvgIpc) is 2.99. The molecule has 1 aliphatic heterocycles. The first-order valence-electron chi connectivity index (χ1n) is 11.4. The molecule has 3 rings (SSSR count). The Morgan fingerprint density at radius 1 is 0.871 bits per heavy atom. The normalized spacial score (nSPS) is 18.2. The Labute approximate surface area is 190 Å². The highest BCUT2D eigenvalue weighted by atomic mass is 28.3. The molecule has 0 radical (unpaired) electrons. The van der Waals surface area contributed by atoms with Crippen LogP contribution in [0.25, 0.3) is 0 Å². The van der Waals surface area contributed by atoms with E-state index in [0.29, 0.717) is 0 Å². The highest BCUT2D eigenvalue weighted by Gasteiger charge is 2.65. The molecule has 0 bridgehead atoms. The largest absolute Gasteiger partial charge is 0.479 e. The van der Waals surface area contributed by atoms with E-state index in [-0.39, 0.29) is 5.60 Å². The minimum atomic E-state index is -3.00. The number of hydrogen-bond donors (Lipinski definition) is 0. The van der Waals surface area contributed by atoms with Gasteiger partial charge in [-0.25, -0.2) is 0 Å². The molecule has 0 unspecified atom stereocenters. The summed E-state index contributed by atoms with van der Waals surface area (Å²) >= 11 is 0. The van der Waals surface area contributed by atoms with Crippen molar-refractivity contribution in [1.29, 1.82) is 0 Å². The van der Waals surface area contributed by atoms with Gasteiger partial charge in [0.1, 0.15) is 0 Å². The SMILES string of the molecule is C=CCC(CC)(CC)O[Si](B1OC(C)(C)C(C)(C)O1)(c1ccccc1)c1ccccc1. The number of hydrogen-bond acceptors (Lipinski definition) is 3. The van der Waals surface area contributed by atoms with Gasteiger partial charge in [-0.2, -0.15) is 0 Å². The van der Waals surface area contributed by atoms with E-state index in [9.17, 15) is 0 Å². The molecule has 5 heteroatoms. The predicted octanol–water partition coefficient (Wildman–Crippen LogP) is 5.07. The van der Waals surface area contributed by atoms with Gasteiger partial charge in [-0.1, -0.05) is 80.6 Å². The van der Waals surface area contributed by atoms with Crippen LogP contribution in [0.5, 0.6) is 0 Å². The summed E-state index contributed by atoms with van der Waals surface area (Å²) < 4.78 is 20.9. The van der Waals surface area contributed by atoms with E-state index in [0.717, 1.165) is 29.6 Å². The highest BCUT2D eigenvalue weighted by molar-refractivity contribution is 7.37. The predicted molar refractivity (Wildman–Crippen MR) is 133 cm³/mol. The van der Waals surface area contributed by atoms with Gasteiger partial charge >= 0.3 is 6.71 Å². The molecule has 1 fully saturated rings. The van der Waals surface area contributed by atoms with Crippen molar-refractivity contribution in [1.82, 2.24) is 0 Å². The zero-order valence-electron chi connectivity index (χ0n) is 20.0. The van der Waals surface area contributed by atoms with E-state index in [1.807, 2.05) is 6.08 Å². The van der Waals surface area contributed by atoms with Gasteiger partial charge in [0.25, 0.3) is 8.19 Å². The zero-order valence-corrected chi connectivity index (χ0v) is 21.0. The first-order valence-corrected chi connectivity index (χ1v) is 13.4. The van der Waals surface area contributed by atoms with Gasteiger partial charge in [0.05, 0.1) is 16.8 Å². The minimum Gasteiger partial charge on any atom is -0.404 e. The molecule has 0 aromatic heterocycles. The smallest absolute Gasteiger partial charge is 0.404 e. The van der Waals surface area contributed by atoms with Crippen LogP contribution >= 0.6 is 0 Å². The molecular weight excluding hydrogens is 399 g/mol. The summed E-state index contributed by atoms with van der Waals surface area (Å²) in [4.78, 5) is 0. The molecule has 0 amide bonds. The molecule has 0 aliphatic carbocycles. The van der Waals surface area contributed by atoms with E-state index < -0.39 is 26.1 Å². The Morgan fingerprint density at radius 2 is 1.29 bits per heavy atom. The van der Waals surface area contributed by atoms with E-state index in [1.165, 1.54) is 0 Å². The van der Waals surface area contributed by atoms with Gasteiger partial charge in [-0.05, 0) is 57.3 Å². The van der Waals surface area contributed by atoms with Crippen LogP contribution in [0.4, 0.5) is 0 Å². The van der Waals surface area contributed by atoms with Gasteiger partial charge in [0.2, 0.25) is 0 Å². The molecule has 0 atom stereocenters. The Bertz CT molecular complexity index is 807. The molecule has 0 N–H and O–H groups in total. The molecule has 0 spiro atoms. The van der Waals surface area contributed by atoms with E-state index >= 15 is 0 Å². The van der Waals surface area contributed by atoms with Crippen molar-refractivity contribution in [2.75, 3.05) is 0 Å². The van der Waals surface area contributed by atoms with Crippen molar-refractivity contribution in [3.8, 4) is 0 Å². The summed E-state index contributed by atoms with van der Waals surface area (Å²) in [6, 6.07) is 21.1. The second-order valence-electron chi connectivity index (χ2n) is 9.54. The minimum absolute atomic E-state index is 0.330. The first kappa shape index (κ1) is 24.0. The van der Waals surface area contributed by atoms with Crippen molar-refractivity contribution in [2.45, 2.75) is 77.6 Å². The summed E-state index contributed by atoms with van der Waals surface area (Å²) in [6.45, 7) is 16.4. The molecule has 2 aromatic carbocycles. The van der Waals surface area contributed by atoms with Crippen LogP contribution in [0.1, 0.15) is 60.8 Å². The molecule has 3 nitrogen and oxygen atoms in total. The standard InChI is InChI=1S/C26H37BO3Si/c1-8-21-26(9-2,10-3)30-31(22-17-13-11-14-18-22,23-19-15-12-16-20-23)27-28-24(4,5)25(6,7)29-27/h8,11-20H,1,9-10,21H2,2-7H3. The lowest BCUT2D eigenvalue weighted by molar-refractivity contribution is 0.00578. The fourth-order valence-corrected chi connectivity index (χ4v) is 8.88. The third kappa shape index (κ3) is 4.34. The van der Waals surface area contributed by atoms with Crippen LogP contribution < -0.4 is 10.4 Å². The number of benzene rings is 2. The lowest BCUT2D eigenvalue weighted by Gasteiger charge is -2.43.